The molecule has 0 aliphatic carbocycles. The summed E-state index contributed by atoms with van der Waals surface area (Å²) >= 11 is 0. The summed E-state index contributed by atoms with van der Waals surface area (Å²) in [5.74, 6) is 0.976. The van der Waals surface area contributed by atoms with E-state index in [9.17, 15) is 15.2 Å². The molecule has 8 nitrogen and oxygen atoms in total. The van der Waals surface area contributed by atoms with Crippen molar-refractivity contribution in [3.05, 3.63) is 88.0 Å². The van der Waals surface area contributed by atoms with Gasteiger partial charge in [-0.05, 0) is 18.2 Å². The van der Waals surface area contributed by atoms with Gasteiger partial charge in [-0.2, -0.15) is 0 Å². The second-order valence-corrected chi connectivity index (χ2v) is 6.70. The largest absolute Gasteiger partial charge is 0.494 e. The summed E-state index contributed by atoms with van der Waals surface area (Å²) in [6.07, 6.45) is 0. The summed E-state index contributed by atoms with van der Waals surface area (Å²) in [4.78, 5) is 18.2. The molecule has 0 spiro atoms. The Hall–Kier alpha value is -4.33. The molecular formula is C23H19N3O5. The second-order valence-electron chi connectivity index (χ2n) is 6.70. The molecule has 8 heteroatoms. The lowest BCUT2D eigenvalue weighted by Crippen LogP contribution is -2.03. The van der Waals surface area contributed by atoms with E-state index in [4.69, 9.17) is 14.5 Å². The molecule has 2 N–H and O–H groups in total. The number of nitro benzene ring substituents is 1. The first kappa shape index (κ1) is 20.0. The van der Waals surface area contributed by atoms with Crippen molar-refractivity contribution in [2.45, 2.75) is 0 Å². The number of methoxy groups -OCH3 is 2. The Morgan fingerprint density at radius 1 is 1.00 bits per heavy atom. The maximum Gasteiger partial charge on any atom is 0.269 e. The topological polar surface area (TPSA) is 110 Å². The summed E-state index contributed by atoms with van der Waals surface area (Å²) in [5, 5.41) is 22.4. The lowest BCUT2D eigenvalue weighted by molar-refractivity contribution is -0.384. The molecule has 3 aromatic carbocycles. The van der Waals surface area contributed by atoms with Gasteiger partial charge in [0.2, 0.25) is 0 Å². The van der Waals surface area contributed by atoms with Gasteiger partial charge in [0.15, 0.2) is 17.4 Å². The standard InChI is InChI=1S/C23H19N3O5/c1-30-19-12-17-18(13-20(19)31-2)25-23(27)21(17)22(14-6-4-3-5-7-14)24-15-8-10-16(11-9-15)26(28)29/h3-13,25,27H,1-2H3. The van der Waals surface area contributed by atoms with Crippen molar-refractivity contribution in [3.8, 4) is 17.4 Å². The number of aliphatic imine (C=N–C) groups is 1. The Labute approximate surface area is 177 Å². The van der Waals surface area contributed by atoms with Crippen LogP contribution in [0.3, 0.4) is 0 Å². The van der Waals surface area contributed by atoms with Gasteiger partial charge in [0, 0.05) is 29.1 Å². The van der Waals surface area contributed by atoms with Crippen LogP contribution in [-0.2, 0) is 0 Å². The summed E-state index contributed by atoms with van der Waals surface area (Å²) in [7, 11) is 3.08. The molecule has 4 rings (SSSR count). The lowest BCUT2D eigenvalue weighted by Gasteiger charge is -2.10. The number of aromatic nitrogens is 1. The van der Waals surface area contributed by atoms with E-state index in [2.05, 4.69) is 4.98 Å². The molecule has 0 aliphatic heterocycles. The molecule has 0 atom stereocenters. The summed E-state index contributed by atoms with van der Waals surface area (Å²) in [6.45, 7) is 0. The molecule has 31 heavy (non-hydrogen) atoms. The van der Waals surface area contributed by atoms with E-state index >= 15 is 0 Å². The summed E-state index contributed by atoms with van der Waals surface area (Å²) in [6, 6.07) is 18.8. The second kappa shape index (κ2) is 8.19. The van der Waals surface area contributed by atoms with Crippen molar-refractivity contribution in [1.29, 1.82) is 0 Å². The van der Waals surface area contributed by atoms with Crippen LogP contribution in [0, 0.1) is 10.1 Å². The number of nitrogens with zero attached hydrogens (tertiary/aromatic N) is 2. The zero-order valence-electron chi connectivity index (χ0n) is 16.8. The molecule has 0 amide bonds. The number of nitro groups is 1. The number of benzene rings is 3. The van der Waals surface area contributed by atoms with Gasteiger partial charge < -0.3 is 19.6 Å². The van der Waals surface area contributed by atoms with Gasteiger partial charge in [-0.3, -0.25) is 10.1 Å². The normalized spacial score (nSPS) is 11.5. The first-order valence-electron chi connectivity index (χ1n) is 9.37. The number of ether oxygens (including phenoxy) is 2. The average Bonchev–Trinajstić information content (AvgIpc) is 3.11. The van der Waals surface area contributed by atoms with E-state index in [0.717, 1.165) is 5.56 Å². The molecule has 0 unspecified atom stereocenters. The third-order valence-electron chi connectivity index (χ3n) is 4.87. The minimum absolute atomic E-state index is 0.0213. The number of aromatic amines is 1. The van der Waals surface area contributed by atoms with E-state index in [0.29, 0.717) is 39.4 Å². The third-order valence-corrected chi connectivity index (χ3v) is 4.87. The average molecular weight is 417 g/mol. The van der Waals surface area contributed by atoms with Gasteiger partial charge in [0.25, 0.3) is 5.69 Å². The van der Waals surface area contributed by atoms with Crippen molar-refractivity contribution >= 4 is 28.0 Å². The van der Waals surface area contributed by atoms with Crippen molar-refractivity contribution in [2.24, 2.45) is 4.99 Å². The van der Waals surface area contributed by atoms with Gasteiger partial charge in [0.1, 0.15) is 0 Å². The number of non-ortho nitro benzene ring substituents is 1. The van der Waals surface area contributed by atoms with Crippen LogP contribution in [0.1, 0.15) is 11.1 Å². The fourth-order valence-electron chi connectivity index (χ4n) is 3.39. The van der Waals surface area contributed by atoms with Crippen LogP contribution >= 0.6 is 0 Å². The Bertz CT molecular complexity index is 1280. The van der Waals surface area contributed by atoms with E-state index in [-0.39, 0.29) is 11.6 Å². The van der Waals surface area contributed by atoms with Crippen molar-refractivity contribution in [3.63, 3.8) is 0 Å². The smallest absolute Gasteiger partial charge is 0.269 e. The molecule has 1 aromatic heterocycles. The molecule has 0 fully saturated rings. The number of hydrogen-bond donors (Lipinski definition) is 2. The number of hydrogen-bond acceptors (Lipinski definition) is 6. The van der Waals surface area contributed by atoms with Gasteiger partial charge in [0.05, 0.1) is 41.6 Å². The van der Waals surface area contributed by atoms with Gasteiger partial charge in [-0.15, -0.1) is 0 Å². The molecule has 4 aromatic rings. The molecule has 0 aliphatic rings. The Morgan fingerprint density at radius 2 is 1.65 bits per heavy atom. The highest BCUT2D eigenvalue weighted by atomic mass is 16.6. The highest BCUT2D eigenvalue weighted by Gasteiger charge is 2.21. The molecule has 1 heterocycles. The fourth-order valence-corrected chi connectivity index (χ4v) is 3.39. The van der Waals surface area contributed by atoms with Gasteiger partial charge >= 0.3 is 0 Å². The van der Waals surface area contributed by atoms with Gasteiger partial charge in [-0.25, -0.2) is 4.99 Å². The fraction of sp³-hybridized carbons (Fsp3) is 0.0870. The van der Waals surface area contributed by atoms with Crippen LogP contribution in [0.2, 0.25) is 0 Å². The highest BCUT2D eigenvalue weighted by molar-refractivity contribution is 6.22. The minimum Gasteiger partial charge on any atom is -0.494 e. The number of aromatic hydroxyl groups is 1. The third kappa shape index (κ3) is 3.78. The molecule has 0 saturated carbocycles. The molecule has 156 valence electrons. The van der Waals surface area contributed by atoms with E-state index in [1.165, 1.54) is 12.1 Å². The summed E-state index contributed by atoms with van der Waals surface area (Å²) in [5.41, 5.74) is 2.90. The molecule has 0 saturated heterocycles. The van der Waals surface area contributed by atoms with Gasteiger partial charge in [-0.1, -0.05) is 30.3 Å². The number of H-pyrrole nitrogens is 1. The number of nitrogens with one attached hydrogen (secondary N) is 1. The van der Waals surface area contributed by atoms with Crippen LogP contribution < -0.4 is 9.47 Å². The van der Waals surface area contributed by atoms with Crippen molar-refractivity contribution in [1.82, 2.24) is 4.98 Å². The number of rotatable bonds is 6. The van der Waals surface area contributed by atoms with Crippen LogP contribution in [0.15, 0.2) is 71.7 Å². The molecule has 0 radical (unpaired) electrons. The molecule has 0 bridgehead atoms. The van der Waals surface area contributed by atoms with Crippen molar-refractivity contribution < 1.29 is 19.5 Å². The van der Waals surface area contributed by atoms with Crippen LogP contribution in [0.5, 0.6) is 17.4 Å². The first-order valence-corrected chi connectivity index (χ1v) is 9.37. The summed E-state index contributed by atoms with van der Waals surface area (Å²) < 4.78 is 10.8. The van der Waals surface area contributed by atoms with E-state index in [1.54, 1.807) is 38.5 Å². The van der Waals surface area contributed by atoms with Crippen molar-refractivity contribution in [2.75, 3.05) is 14.2 Å². The van der Waals surface area contributed by atoms with E-state index < -0.39 is 4.92 Å². The zero-order valence-corrected chi connectivity index (χ0v) is 16.8. The monoisotopic (exact) mass is 417 g/mol. The first-order chi connectivity index (χ1) is 15.0. The van der Waals surface area contributed by atoms with Crippen LogP contribution in [-0.4, -0.2) is 34.9 Å². The number of fused-ring (bicyclic) bond motifs is 1. The SMILES string of the molecule is COc1cc2[nH]c(O)c(C(=Nc3ccc([N+](=O)[O-])cc3)c3ccccc3)c2cc1OC. The predicted octanol–water partition coefficient (Wildman–Crippen LogP) is 4.97. The quantitative estimate of drug-likeness (QED) is 0.261. The minimum atomic E-state index is -0.462. The Balaban J connectivity index is 1.95. The highest BCUT2D eigenvalue weighted by Crippen LogP contribution is 2.38. The van der Waals surface area contributed by atoms with Crippen LogP contribution in [0.25, 0.3) is 10.9 Å². The lowest BCUT2D eigenvalue weighted by atomic mass is 10.0. The molecular weight excluding hydrogens is 398 g/mol. The zero-order chi connectivity index (χ0) is 22.0. The predicted molar refractivity (Wildman–Crippen MR) is 118 cm³/mol. The maximum atomic E-state index is 11.0. The van der Waals surface area contributed by atoms with E-state index in [1.807, 2.05) is 30.3 Å². The Morgan fingerprint density at radius 3 is 2.26 bits per heavy atom. The van der Waals surface area contributed by atoms with Crippen LogP contribution in [0.4, 0.5) is 11.4 Å². The maximum absolute atomic E-state index is 11.0. The Kier molecular flexibility index (Phi) is 5.28.